The van der Waals surface area contributed by atoms with E-state index in [-0.39, 0.29) is 29.3 Å². The first-order valence-electron chi connectivity index (χ1n) is 8.73. The molecule has 6 nitrogen and oxygen atoms in total. The summed E-state index contributed by atoms with van der Waals surface area (Å²) in [5.74, 6) is -0.152. The lowest BCUT2D eigenvalue weighted by Crippen LogP contribution is -2.32. The number of hydrogen-bond acceptors (Lipinski definition) is 4. The van der Waals surface area contributed by atoms with Crippen LogP contribution in [0, 0.1) is 0 Å². The smallest absolute Gasteiger partial charge is 0.253 e. The lowest BCUT2D eigenvalue weighted by Gasteiger charge is -2.17. The quantitative estimate of drug-likeness (QED) is 0.741. The number of amides is 1. The highest BCUT2D eigenvalue weighted by atomic mass is 32.2. The van der Waals surface area contributed by atoms with Gasteiger partial charge in [0.1, 0.15) is 0 Å². The van der Waals surface area contributed by atoms with Gasteiger partial charge in [-0.25, -0.2) is 13.1 Å². The maximum absolute atomic E-state index is 12.9. The van der Waals surface area contributed by atoms with Gasteiger partial charge in [0.25, 0.3) is 5.91 Å². The highest BCUT2D eigenvalue weighted by molar-refractivity contribution is 7.89. The second-order valence-corrected chi connectivity index (χ2v) is 8.33. The number of benzene rings is 2. The van der Waals surface area contributed by atoms with Gasteiger partial charge < -0.3 is 10.6 Å². The van der Waals surface area contributed by atoms with Crippen molar-refractivity contribution < 1.29 is 13.2 Å². The maximum Gasteiger partial charge on any atom is 0.253 e. The van der Waals surface area contributed by atoms with Gasteiger partial charge in [0.05, 0.1) is 4.90 Å². The second-order valence-electron chi connectivity index (χ2n) is 6.56. The first-order valence-corrected chi connectivity index (χ1v) is 10.2. The minimum Gasteiger partial charge on any atom is -0.336 e. The Bertz CT molecular complexity index is 928. The van der Waals surface area contributed by atoms with Crippen molar-refractivity contribution in [1.82, 2.24) is 9.62 Å². The zero-order valence-electron chi connectivity index (χ0n) is 14.9. The van der Waals surface area contributed by atoms with Crippen LogP contribution in [0.2, 0.25) is 0 Å². The minimum absolute atomic E-state index is 0.0540. The highest BCUT2D eigenvalue weighted by Gasteiger charge is 2.34. The molecule has 0 spiro atoms. The van der Waals surface area contributed by atoms with Gasteiger partial charge in [0, 0.05) is 37.2 Å². The van der Waals surface area contributed by atoms with Crippen LogP contribution >= 0.6 is 0 Å². The summed E-state index contributed by atoms with van der Waals surface area (Å²) in [4.78, 5) is 14.6. The van der Waals surface area contributed by atoms with E-state index in [1.807, 2.05) is 30.3 Å². The van der Waals surface area contributed by atoms with Crippen molar-refractivity contribution in [3.8, 4) is 0 Å². The summed E-state index contributed by atoms with van der Waals surface area (Å²) >= 11 is 0. The molecule has 1 amide bonds. The van der Waals surface area contributed by atoms with E-state index in [1.165, 1.54) is 18.2 Å². The molecule has 0 unspecified atom stereocenters. The molecule has 0 bridgehead atoms. The van der Waals surface area contributed by atoms with Crippen LogP contribution in [0.25, 0.3) is 0 Å². The van der Waals surface area contributed by atoms with E-state index in [4.69, 9.17) is 5.73 Å². The van der Waals surface area contributed by atoms with Crippen LogP contribution in [0.1, 0.15) is 21.8 Å². The van der Waals surface area contributed by atoms with Crippen molar-refractivity contribution >= 4 is 15.9 Å². The van der Waals surface area contributed by atoms with E-state index in [1.54, 1.807) is 17.0 Å². The first-order chi connectivity index (χ1) is 12.9. The molecule has 0 aromatic heterocycles. The number of likely N-dealkylation sites (tertiary alicyclic amines) is 1. The summed E-state index contributed by atoms with van der Waals surface area (Å²) in [7, 11) is -3.68. The SMILES string of the molecule is C=CCNS(=O)(=O)c1cccc(C(=O)N2C[C@@H](N)[C@H](c3ccccc3)C2)c1. The topological polar surface area (TPSA) is 92.5 Å². The fourth-order valence-electron chi connectivity index (χ4n) is 3.28. The zero-order chi connectivity index (χ0) is 19.4. The molecular formula is C20H23N3O3S. The summed E-state index contributed by atoms with van der Waals surface area (Å²) in [6, 6.07) is 15.8. The standard InChI is InChI=1S/C20H23N3O3S/c1-2-11-22-27(25,26)17-10-6-9-16(12-17)20(24)23-13-18(19(21)14-23)15-7-4-3-5-8-15/h2-10,12,18-19,22H,1,11,13-14,21H2/t18-,19+/m0/s1. The van der Waals surface area contributed by atoms with Crippen molar-refractivity contribution in [2.24, 2.45) is 5.73 Å². The predicted molar refractivity (Wildman–Crippen MR) is 105 cm³/mol. The number of nitrogens with two attached hydrogens (primary N) is 1. The third kappa shape index (κ3) is 4.27. The molecule has 1 aliphatic rings. The molecule has 0 radical (unpaired) electrons. The van der Waals surface area contributed by atoms with Gasteiger partial charge in [-0.2, -0.15) is 0 Å². The molecule has 27 heavy (non-hydrogen) atoms. The zero-order valence-corrected chi connectivity index (χ0v) is 15.7. The lowest BCUT2D eigenvalue weighted by molar-refractivity contribution is 0.0789. The summed E-state index contributed by atoms with van der Waals surface area (Å²) in [6.07, 6.45) is 1.46. The van der Waals surface area contributed by atoms with E-state index in [0.717, 1.165) is 5.56 Å². The minimum atomic E-state index is -3.68. The van der Waals surface area contributed by atoms with Gasteiger partial charge >= 0.3 is 0 Å². The van der Waals surface area contributed by atoms with E-state index in [9.17, 15) is 13.2 Å². The van der Waals surface area contributed by atoms with Gasteiger partial charge in [-0.05, 0) is 23.8 Å². The van der Waals surface area contributed by atoms with Crippen LogP contribution in [0.3, 0.4) is 0 Å². The number of nitrogens with one attached hydrogen (secondary N) is 1. The summed E-state index contributed by atoms with van der Waals surface area (Å²) in [6.45, 7) is 4.56. The number of carbonyl (C=O) groups is 1. The normalized spacial score (nSPS) is 19.8. The Morgan fingerprint density at radius 3 is 2.63 bits per heavy atom. The Morgan fingerprint density at radius 2 is 1.93 bits per heavy atom. The second kappa shape index (κ2) is 8.04. The van der Waals surface area contributed by atoms with Gasteiger partial charge in [0.15, 0.2) is 0 Å². The van der Waals surface area contributed by atoms with Crippen LogP contribution in [0.4, 0.5) is 0 Å². The largest absolute Gasteiger partial charge is 0.336 e. The number of nitrogens with zero attached hydrogens (tertiary/aromatic N) is 1. The van der Waals surface area contributed by atoms with Gasteiger partial charge in [-0.15, -0.1) is 6.58 Å². The molecule has 2 aromatic carbocycles. The molecule has 1 fully saturated rings. The van der Waals surface area contributed by atoms with Crippen molar-refractivity contribution in [1.29, 1.82) is 0 Å². The first kappa shape index (κ1) is 19.3. The summed E-state index contributed by atoms with van der Waals surface area (Å²) in [5.41, 5.74) is 7.70. The molecule has 2 atom stereocenters. The van der Waals surface area contributed by atoms with E-state index >= 15 is 0 Å². The molecular weight excluding hydrogens is 362 g/mol. The monoisotopic (exact) mass is 385 g/mol. The fourth-order valence-corrected chi connectivity index (χ4v) is 4.32. The summed E-state index contributed by atoms with van der Waals surface area (Å²) < 4.78 is 27.0. The number of carbonyl (C=O) groups excluding carboxylic acids is 1. The van der Waals surface area contributed by atoms with Crippen LogP contribution < -0.4 is 10.5 Å². The van der Waals surface area contributed by atoms with Crippen LogP contribution in [-0.4, -0.2) is 44.9 Å². The molecule has 1 aliphatic heterocycles. The van der Waals surface area contributed by atoms with Crippen molar-refractivity contribution in [3.05, 3.63) is 78.4 Å². The Labute approximate surface area is 159 Å². The van der Waals surface area contributed by atoms with Crippen molar-refractivity contribution in [2.45, 2.75) is 16.9 Å². The Kier molecular flexibility index (Phi) is 5.74. The molecule has 0 saturated carbocycles. The van der Waals surface area contributed by atoms with Crippen molar-refractivity contribution in [2.75, 3.05) is 19.6 Å². The third-order valence-corrected chi connectivity index (χ3v) is 6.11. The molecule has 3 N–H and O–H groups in total. The molecule has 2 aromatic rings. The van der Waals surface area contributed by atoms with Crippen LogP contribution in [0.5, 0.6) is 0 Å². The molecule has 0 aliphatic carbocycles. The van der Waals surface area contributed by atoms with Gasteiger partial charge in [-0.1, -0.05) is 42.5 Å². The van der Waals surface area contributed by atoms with E-state index in [0.29, 0.717) is 18.7 Å². The van der Waals surface area contributed by atoms with Crippen molar-refractivity contribution in [3.63, 3.8) is 0 Å². The average Bonchev–Trinajstić information content (AvgIpc) is 3.08. The molecule has 7 heteroatoms. The molecule has 1 saturated heterocycles. The Morgan fingerprint density at radius 1 is 1.19 bits per heavy atom. The molecule has 142 valence electrons. The molecule has 3 rings (SSSR count). The highest BCUT2D eigenvalue weighted by Crippen LogP contribution is 2.27. The van der Waals surface area contributed by atoms with E-state index in [2.05, 4.69) is 11.3 Å². The molecule has 1 heterocycles. The Hall–Kier alpha value is -2.48. The average molecular weight is 385 g/mol. The summed E-state index contributed by atoms with van der Waals surface area (Å²) in [5, 5.41) is 0. The van der Waals surface area contributed by atoms with Crippen LogP contribution in [0.15, 0.2) is 72.1 Å². The number of rotatable bonds is 6. The van der Waals surface area contributed by atoms with Gasteiger partial charge in [-0.3, -0.25) is 4.79 Å². The van der Waals surface area contributed by atoms with E-state index < -0.39 is 10.0 Å². The number of hydrogen-bond donors (Lipinski definition) is 2. The lowest BCUT2D eigenvalue weighted by atomic mass is 9.95. The maximum atomic E-state index is 12.9. The van der Waals surface area contributed by atoms with Gasteiger partial charge in [0.2, 0.25) is 10.0 Å². The number of sulfonamides is 1. The predicted octanol–water partition coefficient (Wildman–Crippen LogP) is 1.72. The van der Waals surface area contributed by atoms with Crippen LogP contribution in [-0.2, 0) is 10.0 Å². The third-order valence-electron chi connectivity index (χ3n) is 4.69. The Balaban J connectivity index is 1.79. The fraction of sp³-hybridized carbons (Fsp3) is 0.250.